The molecule has 2 aromatic rings. The molecule has 0 fully saturated rings. The van der Waals surface area contributed by atoms with Gasteiger partial charge in [-0.05, 0) is 18.1 Å². The molecule has 4 heteroatoms. The van der Waals surface area contributed by atoms with Gasteiger partial charge in [-0.3, -0.25) is 4.79 Å². The molecule has 0 spiro atoms. The number of aliphatic carboxylic acids is 1. The van der Waals surface area contributed by atoms with Gasteiger partial charge < -0.3 is 9.51 Å². The Morgan fingerprint density at radius 3 is 3.13 bits per heavy atom. The fraction of sp³-hybridized carbons (Fsp3) is 0.273. The maximum Gasteiger partial charge on any atom is 0.306 e. The van der Waals surface area contributed by atoms with E-state index < -0.39 is 5.97 Å². The number of carboxylic acids is 1. The summed E-state index contributed by atoms with van der Waals surface area (Å²) in [6, 6.07) is 3.88. The summed E-state index contributed by atoms with van der Waals surface area (Å²) in [5.41, 5.74) is 2.03. The highest BCUT2D eigenvalue weighted by Gasteiger charge is 2.11. The monoisotopic (exact) mass is 204 g/mol. The smallest absolute Gasteiger partial charge is 0.306 e. The third-order valence-electron chi connectivity index (χ3n) is 2.43. The molecule has 1 atom stereocenters. The van der Waals surface area contributed by atoms with Crippen molar-refractivity contribution in [2.45, 2.75) is 13.3 Å². The van der Waals surface area contributed by atoms with Crippen molar-refractivity contribution in [2.75, 3.05) is 0 Å². The van der Waals surface area contributed by atoms with Gasteiger partial charge in [0.05, 0.1) is 24.0 Å². The molecule has 0 aliphatic carbocycles. The number of rotatable bonds is 3. The number of hydrogen-bond acceptors (Lipinski definition) is 2. The molecule has 78 valence electrons. The Hall–Kier alpha value is -1.84. The minimum Gasteiger partial charge on any atom is -0.481 e. The van der Waals surface area contributed by atoms with Gasteiger partial charge in [-0.25, -0.2) is 4.98 Å². The highest BCUT2D eigenvalue weighted by Crippen LogP contribution is 2.11. The van der Waals surface area contributed by atoms with Crippen LogP contribution in [-0.2, 0) is 11.2 Å². The highest BCUT2D eigenvalue weighted by atomic mass is 16.4. The van der Waals surface area contributed by atoms with Crippen LogP contribution in [0.3, 0.4) is 0 Å². The standard InChI is InChI=1S/C11H12N2O2/c1-8(11(14)15)4-9-2-3-10-5-12-7-13(10)6-9/h2-3,5-8H,4H2,1H3,(H,14,15). The van der Waals surface area contributed by atoms with E-state index in [-0.39, 0.29) is 5.92 Å². The summed E-state index contributed by atoms with van der Waals surface area (Å²) < 4.78 is 1.89. The third kappa shape index (κ3) is 1.98. The number of carboxylic acid groups (broad SMARTS) is 1. The van der Waals surface area contributed by atoms with E-state index >= 15 is 0 Å². The Labute approximate surface area is 87.2 Å². The van der Waals surface area contributed by atoms with Crippen molar-refractivity contribution in [3.8, 4) is 0 Å². The van der Waals surface area contributed by atoms with Gasteiger partial charge in [0.2, 0.25) is 0 Å². The second-order valence-corrected chi connectivity index (χ2v) is 3.71. The largest absolute Gasteiger partial charge is 0.481 e. The summed E-state index contributed by atoms with van der Waals surface area (Å²) in [6.45, 7) is 1.71. The molecule has 0 bridgehead atoms. The zero-order valence-corrected chi connectivity index (χ0v) is 8.42. The van der Waals surface area contributed by atoms with Crippen LogP contribution < -0.4 is 0 Å². The van der Waals surface area contributed by atoms with Gasteiger partial charge >= 0.3 is 5.97 Å². The zero-order valence-electron chi connectivity index (χ0n) is 8.42. The van der Waals surface area contributed by atoms with Gasteiger partial charge in [-0.15, -0.1) is 0 Å². The Balaban J connectivity index is 2.24. The quantitative estimate of drug-likeness (QED) is 0.826. The van der Waals surface area contributed by atoms with Crippen LogP contribution in [-0.4, -0.2) is 20.5 Å². The lowest BCUT2D eigenvalue weighted by Crippen LogP contribution is -2.12. The van der Waals surface area contributed by atoms with E-state index in [4.69, 9.17) is 5.11 Å². The zero-order chi connectivity index (χ0) is 10.8. The first kappa shape index (κ1) is 9.71. The number of nitrogens with zero attached hydrogens (tertiary/aromatic N) is 2. The van der Waals surface area contributed by atoms with Crippen molar-refractivity contribution in [3.05, 3.63) is 36.4 Å². The summed E-state index contributed by atoms with van der Waals surface area (Å²) in [5.74, 6) is -1.12. The van der Waals surface area contributed by atoms with Crippen LogP contribution in [0.2, 0.25) is 0 Å². The average molecular weight is 204 g/mol. The molecule has 2 rings (SSSR count). The van der Waals surface area contributed by atoms with Gasteiger partial charge in [0.1, 0.15) is 0 Å². The van der Waals surface area contributed by atoms with Crippen LogP contribution in [0, 0.1) is 5.92 Å². The molecule has 0 saturated heterocycles. The van der Waals surface area contributed by atoms with E-state index in [9.17, 15) is 4.79 Å². The van der Waals surface area contributed by atoms with Gasteiger partial charge in [0.15, 0.2) is 0 Å². The van der Waals surface area contributed by atoms with Crippen molar-refractivity contribution in [1.82, 2.24) is 9.38 Å². The Bertz CT molecular complexity index is 490. The summed E-state index contributed by atoms with van der Waals surface area (Å²) in [6.07, 6.45) is 5.94. The molecule has 0 aromatic carbocycles. The predicted octanol–water partition coefficient (Wildman–Crippen LogP) is 1.60. The number of aromatic nitrogens is 2. The number of carbonyl (C=O) groups is 1. The molecule has 0 amide bonds. The van der Waals surface area contributed by atoms with Crippen LogP contribution in [0.5, 0.6) is 0 Å². The van der Waals surface area contributed by atoms with E-state index in [0.717, 1.165) is 11.1 Å². The molecule has 0 aliphatic rings. The molecular formula is C11H12N2O2. The van der Waals surface area contributed by atoms with Crippen molar-refractivity contribution in [2.24, 2.45) is 5.92 Å². The lowest BCUT2D eigenvalue weighted by Gasteiger charge is -2.06. The van der Waals surface area contributed by atoms with E-state index in [0.29, 0.717) is 6.42 Å². The Morgan fingerprint density at radius 1 is 1.60 bits per heavy atom. The van der Waals surface area contributed by atoms with Gasteiger partial charge in [0.25, 0.3) is 0 Å². The Morgan fingerprint density at radius 2 is 2.40 bits per heavy atom. The molecule has 0 radical (unpaired) electrons. The molecule has 2 aromatic heterocycles. The van der Waals surface area contributed by atoms with E-state index in [1.165, 1.54) is 0 Å². The molecule has 1 unspecified atom stereocenters. The summed E-state index contributed by atoms with van der Waals surface area (Å²) in [5, 5.41) is 8.80. The highest BCUT2D eigenvalue weighted by molar-refractivity contribution is 5.69. The fourth-order valence-corrected chi connectivity index (χ4v) is 1.53. The van der Waals surface area contributed by atoms with Crippen molar-refractivity contribution in [3.63, 3.8) is 0 Å². The molecular weight excluding hydrogens is 192 g/mol. The number of imidazole rings is 1. The minimum atomic E-state index is -0.763. The average Bonchev–Trinajstić information content (AvgIpc) is 2.64. The second kappa shape index (κ2) is 3.73. The molecule has 4 nitrogen and oxygen atoms in total. The summed E-state index contributed by atoms with van der Waals surface area (Å²) in [7, 11) is 0. The van der Waals surface area contributed by atoms with Gasteiger partial charge in [0, 0.05) is 6.20 Å². The van der Waals surface area contributed by atoms with E-state index in [1.807, 2.05) is 22.7 Å². The summed E-state index contributed by atoms with van der Waals surface area (Å²) in [4.78, 5) is 14.7. The Kier molecular flexibility index (Phi) is 2.41. The van der Waals surface area contributed by atoms with Crippen LogP contribution >= 0.6 is 0 Å². The minimum absolute atomic E-state index is 0.356. The molecule has 2 heterocycles. The molecule has 15 heavy (non-hydrogen) atoms. The molecule has 0 saturated carbocycles. The van der Waals surface area contributed by atoms with E-state index in [1.54, 1.807) is 19.4 Å². The van der Waals surface area contributed by atoms with E-state index in [2.05, 4.69) is 4.98 Å². The number of pyridine rings is 1. The first-order chi connectivity index (χ1) is 7.16. The van der Waals surface area contributed by atoms with Crippen LogP contribution in [0.4, 0.5) is 0 Å². The van der Waals surface area contributed by atoms with Gasteiger partial charge in [-0.1, -0.05) is 13.0 Å². The van der Waals surface area contributed by atoms with Crippen molar-refractivity contribution < 1.29 is 9.90 Å². The SMILES string of the molecule is CC(Cc1ccc2cncn2c1)C(=O)O. The first-order valence-electron chi connectivity index (χ1n) is 4.80. The van der Waals surface area contributed by atoms with Crippen LogP contribution in [0.15, 0.2) is 30.9 Å². The maximum atomic E-state index is 10.7. The third-order valence-corrected chi connectivity index (χ3v) is 2.43. The lowest BCUT2D eigenvalue weighted by molar-refractivity contribution is -0.141. The second-order valence-electron chi connectivity index (χ2n) is 3.71. The number of fused-ring (bicyclic) bond motifs is 1. The summed E-state index contributed by atoms with van der Waals surface area (Å²) >= 11 is 0. The van der Waals surface area contributed by atoms with Crippen LogP contribution in [0.1, 0.15) is 12.5 Å². The lowest BCUT2D eigenvalue weighted by atomic mass is 10.0. The maximum absolute atomic E-state index is 10.7. The topological polar surface area (TPSA) is 54.6 Å². The molecule has 1 N–H and O–H groups in total. The van der Waals surface area contributed by atoms with Crippen LogP contribution in [0.25, 0.3) is 5.52 Å². The normalized spacial score (nSPS) is 12.9. The molecule has 0 aliphatic heterocycles. The van der Waals surface area contributed by atoms with Crippen molar-refractivity contribution >= 4 is 11.5 Å². The fourth-order valence-electron chi connectivity index (χ4n) is 1.53. The predicted molar refractivity (Wildman–Crippen MR) is 55.7 cm³/mol. The first-order valence-corrected chi connectivity index (χ1v) is 4.80. The van der Waals surface area contributed by atoms with Crippen molar-refractivity contribution in [1.29, 1.82) is 0 Å². The number of hydrogen-bond donors (Lipinski definition) is 1. The van der Waals surface area contributed by atoms with Gasteiger partial charge in [-0.2, -0.15) is 0 Å².